The summed E-state index contributed by atoms with van der Waals surface area (Å²) >= 11 is 1.62. The number of anilines is 1. The van der Waals surface area contributed by atoms with E-state index in [1.165, 1.54) is 5.56 Å². The Kier molecular flexibility index (Phi) is 3.80. The molecule has 5 heteroatoms. The minimum atomic E-state index is -0.105. The van der Waals surface area contributed by atoms with Crippen molar-refractivity contribution in [1.29, 1.82) is 0 Å². The fourth-order valence-electron chi connectivity index (χ4n) is 2.57. The van der Waals surface area contributed by atoms with Crippen LogP contribution in [0.3, 0.4) is 0 Å². The third-order valence-corrected chi connectivity index (χ3v) is 4.43. The Morgan fingerprint density at radius 2 is 2.30 bits per heavy atom. The lowest BCUT2D eigenvalue weighted by molar-refractivity contribution is -0.121. The van der Waals surface area contributed by atoms with Crippen LogP contribution in [-0.2, 0) is 17.8 Å². The highest BCUT2D eigenvalue weighted by atomic mass is 32.1. The smallest absolute Gasteiger partial charge is 0.241 e. The largest absolute Gasteiger partial charge is 0.324 e. The molecule has 0 bridgehead atoms. The molecule has 0 aliphatic carbocycles. The van der Waals surface area contributed by atoms with E-state index in [0.717, 1.165) is 23.5 Å². The second kappa shape index (κ2) is 5.73. The molecular formula is C15H17N3OS. The zero-order valence-corrected chi connectivity index (χ0v) is 12.2. The molecule has 1 aromatic carbocycles. The first-order chi connectivity index (χ1) is 9.74. The summed E-state index contributed by atoms with van der Waals surface area (Å²) in [5, 5.41) is 6.04. The molecule has 1 aromatic heterocycles. The van der Waals surface area contributed by atoms with Crippen LogP contribution in [0.4, 0.5) is 5.69 Å². The second-order valence-electron chi connectivity index (χ2n) is 5.04. The number of thiazole rings is 1. The Morgan fingerprint density at radius 1 is 1.45 bits per heavy atom. The molecule has 2 heterocycles. The molecule has 0 saturated heterocycles. The van der Waals surface area contributed by atoms with E-state index in [0.29, 0.717) is 6.54 Å². The van der Waals surface area contributed by atoms with Crippen LogP contribution in [0.1, 0.15) is 17.0 Å². The number of aryl methyl sites for hydroxylation is 1. The monoisotopic (exact) mass is 287 g/mol. The summed E-state index contributed by atoms with van der Waals surface area (Å²) in [4.78, 5) is 18.7. The molecule has 2 aromatic rings. The van der Waals surface area contributed by atoms with Crippen molar-refractivity contribution in [1.82, 2.24) is 9.88 Å². The van der Waals surface area contributed by atoms with Crippen molar-refractivity contribution in [3.8, 4) is 0 Å². The minimum Gasteiger partial charge on any atom is -0.324 e. The standard InChI is InChI=1S/C15H17N3OS/c1-18(10-14-16-8-9-20-14)13-7-6-11-4-2-3-5-12(11)17-15(13)19/h2-5,8-9,13H,6-7,10H2,1H3,(H,17,19). The van der Waals surface area contributed by atoms with Gasteiger partial charge in [0.1, 0.15) is 5.01 Å². The first-order valence-corrected chi connectivity index (χ1v) is 7.59. The fraction of sp³-hybridized carbons (Fsp3) is 0.333. The Balaban J connectivity index is 1.74. The molecule has 0 saturated carbocycles. The number of carbonyl (C=O) groups is 1. The van der Waals surface area contributed by atoms with Gasteiger partial charge in [-0.1, -0.05) is 18.2 Å². The van der Waals surface area contributed by atoms with Gasteiger partial charge in [-0.3, -0.25) is 9.69 Å². The second-order valence-corrected chi connectivity index (χ2v) is 6.02. The molecule has 1 aliphatic heterocycles. The van der Waals surface area contributed by atoms with E-state index in [1.54, 1.807) is 17.5 Å². The highest BCUT2D eigenvalue weighted by Gasteiger charge is 2.27. The average molecular weight is 287 g/mol. The van der Waals surface area contributed by atoms with Crippen molar-refractivity contribution in [2.24, 2.45) is 0 Å². The number of benzene rings is 1. The van der Waals surface area contributed by atoms with E-state index in [9.17, 15) is 4.79 Å². The van der Waals surface area contributed by atoms with Crippen molar-refractivity contribution in [2.45, 2.75) is 25.4 Å². The van der Waals surface area contributed by atoms with Gasteiger partial charge in [0.25, 0.3) is 0 Å². The maximum Gasteiger partial charge on any atom is 0.241 e. The first-order valence-electron chi connectivity index (χ1n) is 6.71. The quantitative estimate of drug-likeness (QED) is 0.943. The molecule has 1 N–H and O–H groups in total. The number of hydrogen-bond donors (Lipinski definition) is 1. The van der Waals surface area contributed by atoms with Crippen molar-refractivity contribution < 1.29 is 4.79 Å². The number of hydrogen-bond acceptors (Lipinski definition) is 4. The Hall–Kier alpha value is -1.72. The summed E-state index contributed by atoms with van der Waals surface area (Å²) in [6, 6.07) is 7.92. The SMILES string of the molecule is CN(Cc1nccs1)C1CCc2ccccc2NC1=O. The van der Waals surface area contributed by atoms with Crippen molar-refractivity contribution in [3.05, 3.63) is 46.4 Å². The lowest BCUT2D eigenvalue weighted by atomic mass is 10.1. The van der Waals surface area contributed by atoms with Gasteiger partial charge in [-0.2, -0.15) is 0 Å². The predicted molar refractivity (Wildman–Crippen MR) is 80.8 cm³/mol. The van der Waals surface area contributed by atoms with Gasteiger partial charge >= 0.3 is 0 Å². The topological polar surface area (TPSA) is 45.2 Å². The van der Waals surface area contributed by atoms with Gasteiger partial charge in [-0.15, -0.1) is 11.3 Å². The van der Waals surface area contributed by atoms with E-state index >= 15 is 0 Å². The van der Waals surface area contributed by atoms with Gasteiger partial charge in [0.2, 0.25) is 5.91 Å². The van der Waals surface area contributed by atoms with Gasteiger partial charge in [0.15, 0.2) is 0 Å². The molecule has 0 fully saturated rings. The lowest BCUT2D eigenvalue weighted by Gasteiger charge is -2.24. The maximum atomic E-state index is 12.4. The predicted octanol–water partition coefficient (Wildman–Crippen LogP) is 2.53. The number of nitrogens with zero attached hydrogens (tertiary/aromatic N) is 2. The number of para-hydroxylation sites is 1. The lowest BCUT2D eigenvalue weighted by Crippen LogP contribution is -2.40. The molecule has 0 radical (unpaired) electrons. The molecule has 1 amide bonds. The van der Waals surface area contributed by atoms with Crippen LogP contribution in [0.5, 0.6) is 0 Å². The van der Waals surface area contributed by atoms with Crippen LogP contribution in [0.2, 0.25) is 0 Å². The molecule has 0 spiro atoms. The van der Waals surface area contributed by atoms with Gasteiger partial charge in [0, 0.05) is 17.3 Å². The summed E-state index contributed by atoms with van der Waals surface area (Å²) in [5.41, 5.74) is 2.16. The molecule has 104 valence electrons. The summed E-state index contributed by atoms with van der Waals surface area (Å²) in [7, 11) is 1.99. The van der Waals surface area contributed by atoms with E-state index in [1.807, 2.05) is 30.6 Å². The number of fused-ring (bicyclic) bond motifs is 1. The highest BCUT2D eigenvalue weighted by molar-refractivity contribution is 7.09. The highest BCUT2D eigenvalue weighted by Crippen LogP contribution is 2.24. The summed E-state index contributed by atoms with van der Waals surface area (Å²) in [6.07, 6.45) is 3.56. The third kappa shape index (κ3) is 2.73. The van der Waals surface area contributed by atoms with E-state index < -0.39 is 0 Å². The van der Waals surface area contributed by atoms with Gasteiger partial charge < -0.3 is 5.32 Å². The summed E-state index contributed by atoms with van der Waals surface area (Å²) in [5.74, 6) is 0.0778. The normalized spacial score (nSPS) is 18.5. The minimum absolute atomic E-state index is 0.0778. The molecule has 1 aliphatic rings. The number of aromatic nitrogens is 1. The van der Waals surface area contributed by atoms with Crippen LogP contribution in [-0.4, -0.2) is 28.9 Å². The molecule has 3 rings (SSSR count). The van der Waals surface area contributed by atoms with Crippen LogP contribution >= 0.6 is 11.3 Å². The fourth-order valence-corrected chi connectivity index (χ4v) is 3.25. The third-order valence-electron chi connectivity index (χ3n) is 3.67. The average Bonchev–Trinajstić information content (AvgIpc) is 2.87. The molecule has 1 unspecified atom stereocenters. The Labute approximate surface area is 122 Å². The van der Waals surface area contributed by atoms with Crippen LogP contribution < -0.4 is 5.32 Å². The molecular weight excluding hydrogens is 270 g/mol. The van der Waals surface area contributed by atoms with Gasteiger partial charge in [-0.05, 0) is 31.5 Å². The Morgan fingerprint density at radius 3 is 3.10 bits per heavy atom. The zero-order chi connectivity index (χ0) is 13.9. The van der Waals surface area contributed by atoms with Crippen LogP contribution in [0.15, 0.2) is 35.8 Å². The number of nitrogens with one attached hydrogen (secondary N) is 1. The number of carbonyl (C=O) groups excluding carboxylic acids is 1. The first kappa shape index (κ1) is 13.3. The summed E-state index contributed by atoms with van der Waals surface area (Å²) < 4.78 is 0. The van der Waals surface area contributed by atoms with Crippen molar-refractivity contribution in [2.75, 3.05) is 12.4 Å². The van der Waals surface area contributed by atoms with Gasteiger partial charge in [-0.25, -0.2) is 4.98 Å². The van der Waals surface area contributed by atoms with Gasteiger partial charge in [0.05, 0.1) is 12.6 Å². The van der Waals surface area contributed by atoms with Crippen LogP contribution in [0, 0.1) is 0 Å². The van der Waals surface area contributed by atoms with Crippen molar-refractivity contribution >= 4 is 22.9 Å². The zero-order valence-electron chi connectivity index (χ0n) is 11.4. The number of rotatable bonds is 3. The van der Waals surface area contributed by atoms with E-state index in [2.05, 4.69) is 21.3 Å². The number of amides is 1. The summed E-state index contributed by atoms with van der Waals surface area (Å²) in [6.45, 7) is 0.714. The molecule has 4 nitrogen and oxygen atoms in total. The van der Waals surface area contributed by atoms with Crippen LogP contribution in [0.25, 0.3) is 0 Å². The van der Waals surface area contributed by atoms with Crippen molar-refractivity contribution in [3.63, 3.8) is 0 Å². The molecule has 1 atom stereocenters. The maximum absolute atomic E-state index is 12.4. The Bertz CT molecular complexity index is 597. The van der Waals surface area contributed by atoms with E-state index in [-0.39, 0.29) is 11.9 Å². The van der Waals surface area contributed by atoms with E-state index in [4.69, 9.17) is 0 Å². The number of likely N-dealkylation sites (N-methyl/N-ethyl adjacent to an activating group) is 1. The molecule has 20 heavy (non-hydrogen) atoms.